The van der Waals surface area contributed by atoms with E-state index in [1.165, 1.54) is 18.2 Å². The van der Waals surface area contributed by atoms with E-state index in [0.29, 0.717) is 0 Å². The lowest BCUT2D eigenvalue weighted by Gasteiger charge is -2.05. The van der Waals surface area contributed by atoms with E-state index < -0.39 is 10.8 Å². The predicted octanol–water partition coefficient (Wildman–Crippen LogP) is 1.88. The molecule has 7 heteroatoms. The van der Waals surface area contributed by atoms with E-state index >= 15 is 0 Å². The highest BCUT2D eigenvalue weighted by molar-refractivity contribution is 5.84. The number of nitro groups is 1. The Morgan fingerprint density at radius 1 is 1.47 bits per heavy atom. The van der Waals surface area contributed by atoms with E-state index in [2.05, 4.69) is 10.5 Å². The fourth-order valence-corrected chi connectivity index (χ4v) is 1.14. The standard InChI is InChI=1S/C12H15N3O4/c1-3-9(2)13-14-12(16)8-19-11-7-5-4-6-10(11)15(17)18/h4-7H,3,8H2,1-2H3,(H,14,16)/b13-9-. The highest BCUT2D eigenvalue weighted by atomic mass is 16.6. The van der Waals surface area contributed by atoms with Gasteiger partial charge in [0.05, 0.1) is 4.92 Å². The molecule has 0 aliphatic rings. The lowest BCUT2D eigenvalue weighted by molar-refractivity contribution is -0.385. The number of carbonyl (C=O) groups excluding carboxylic acids is 1. The third kappa shape index (κ3) is 4.74. The number of hydrogen-bond donors (Lipinski definition) is 1. The number of nitrogens with zero attached hydrogens (tertiary/aromatic N) is 2. The van der Waals surface area contributed by atoms with Crippen LogP contribution in [0.2, 0.25) is 0 Å². The van der Waals surface area contributed by atoms with Crippen LogP contribution in [-0.4, -0.2) is 23.1 Å². The van der Waals surface area contributed by atoms with Gasteiger partial charge in [0.2, 0.25) is 0 Å². The maximum Gasteiger partial charge on any atom is 0.310 e. The van der Waals surface area contributed by atoms with E-state index in [4.69, 9.17) is 4.74 Å². The number of nitro benzene ring substituents is 1. The molecule has 0 aromatic heterocycles. The second-order valence-corrected chi connectivity index (χ2v) is 3.75. The van der Waals surface area contributed by atoms with Crippen LogP contribution in [0.15, 0.2) is 29.4 Å². The lowest BCUT2D eigenvalue weighted by Crippen LogP contribution is -2.25. The van der Waals surface area contributed by atoms with Gasteiger partial charge in [-0.3, -0.25) is 14.9 Å². The molecule has 0 aliphatic carbocycles. The van der Waals surface area contributed by atoms with E-state index in [1.807, 2.05) is 6.92 Å². The Bertz CT molecular complexity index is 500. The molecule has 0 radical (unpaired) electrons. The minimum Gasteiger partial charge on any atom is -0.477 e. The van der Waals surface area contributed by atoms with Crippen molar-refractivity contribution in [3.05, 3.63) is 34.4 Å². The summed E-state index contributed by atoms with van der Waals surface area (Å²) < 4.78 is 5.10. The van der Waals surface area contributed by atoms with Gasteiger partial charge in [0.15, 0.2) is 12.4 Å². The minimum absolute atomic E-state index is 0.0545. The monoisotopic (exact) mass is 265 g/mol. The molecular weight excluding hydrogens is 250 g/mol. The van der Waals surface area contributed by atoms with Gasteiger partial charge in [0.1, 0.15) is 0 Å². The van der Waals surface area contributed by atoms with Gasteiger partial charge in [-0.15, -0.1) is 0 Å². The molecule has 0 saturated carbocycles. The van der Waals surface area contributed by atoms with Crippen molar-refractivity contribution >= 4 is 17.3 Å². The van der Waals surface area contributed by atoms with Gasteiger partial charge in [-0.2, -0.15) is 5.10 Å². The van der Waals surface area contributed by atoms with Crippen molar-refractivity contribution in [3.8, 4) is 5.75 Å². The largest absolute Gasteiger partial charge is 0.477 e. The second kappa shape index (κ2) is 7.10. The van der Waals surface area contributed by atoms with Gasteiger partial charge in [0.25, 0.3) is 5.91 Å². The van der Waals surface area contributed by atoms with E-state index in [-0.39, 0.29) is 18.0 Å². The van der Waals surface area contributed by atoms with E-state index in [0.717, 1.165) is 12.1 Å². The number of ether oxygens (including phenoxy) is 1. The Morgan fingerprint density at radius 2 is 2.16 bits per heavy atom. The van der Waals surface area contributed by atoms with Crippen LogP contribution >= 0.6 is 0 Å². The summed E-state index contributed by atoms with van der Waals surface area (Å²) in [6.45, 7) is 3.36. The molecule has 102 valence electrons. The minimum atomic E-state index is -0.563. The first kappa shape index (κ1) is 14.6. The van der Waals surface area contributed by atoms with Crippen molar-refractivity contribution in [3.63, 3.8) is 0 Å². The van der Waals surface area contributed by atoms with Crippen molar-refractivity contribution in [2.75, 3.05) is 6.61 Å². The molecule has 0 atom stereocenters. The van der Waals surface area contributed by atoms with Gasteiger partial charge in [-0.25, -0.2) is 5.43 Å². The van der Waals surface area contributed by atoms with E-state index in [9.17, 15) is 14.9 Å². The number of amides is 1. The number of hydrogen-bond acceptors (Lipinski definition) is 5. The van der Waals surface area contributed by atoms with Crippen LogP contribution in [-0.2, 0) is 4.79 Å². The van der Waals surface area contributed by atoms with Gasteiger partial charge in [-0.05, 0) is 19.4 Å². The Hall–Kier alpha value is -2.44. The first-order chi connectivity index (χ1) is 9.04. The Kier molecular flexibility index (Phi) is 5.46. The van der Waals surface area contributed by atoms with Crippen LogP contribution in [0.5, 0.6) is 5.75 Å². The topological polar surface area (TPSA) is 93.8 Å². The second-order valence-electron chi connectivity index (χ2n) is 3.75. The maximum atomic E-state index is 11.4. The van der Waals surface area contributed by atoms with Crippen molar-refractivity contribution in [2.24, 2.45) is 5.10 Å². The summed E-state index contributed by atoms with van der Waals surface area (Å²) in [5.74, 6) is -0.412. The smallest absolute Gasteiger partial charge is 0.310 e. The normalized spacial score (nSPS) is 10.9. The molecule has 7 nitrogen and oxygen atoms in total. The van der Waals surface area contributed by atoms with Crippen LogP contribution in [0, 0.1) is 10.1 Å². The molecule has 0 saturated heterocycles. The summed E-state index contributed by atoms with van der Waals surface area (Å²) in [5.41, 5.74) is 2.91. The Morgan fingerprint density at radius 3 is 2.79 bits per heavy atom. The number of rotatable bonds is 6. The number of nitrogens with one attached hydrogen (secondary N) is 1. The zero-order valence-electron chi connectivity index (χ0n) is 10.8. The zero-order chi connectivity index (χ0) is 14.3. The molecule has 0 heterocycles. The first-order valence-corrected chi connectivity index (χ1v) is 5.72. The summed E-state index contributed by atoms with van der Waals surface area (Å²) >= 11 is 0. The quantitative estimate of drug-likeness (QED) is 0.482. The summed E-state index contributed by atoms with van der Waals surface area (Å²) in [7, 11) is 0. The molecule has 19 heavy (non-hydrogen) atoms. The van der Waals surface area contributed by atoms with Crippen LogP contribution in [0.25, 0.3) is 0 Å². The molecule has 1 aromatic rings. The van der Waals surface area contributed by atoms with Gasteiger partial charge < -0.3 is 4.74 Å². The van der Waals surface area contributed by atoms with Gasteiger partial charge >= 0.3 is 5.69 Å². The summed E-state index contributed by atoms with van der Waals surface area (Å²) in [6.07, 6.45) is 0.727. The van der Waals surface area contributed by atoms with Crippen LogP contribution < -0.4 is 10.2 Å². The third-order valence-electron chi connectivity index (χ3n) is 2.30. The zero-order valence-corrected chi connectivity index (χ0v) is 10.8. The lowest BCUT2D eigenvalue weighted by atomic mass is 10.3. The molecule has 0 aliphatic heterocycles. The Balaban J connectivity index is 2.58. The molecule has 1 N–H and O–H groups in total. The highest BCUT2D eigenvalue weighted by Crippen LogP contribution is 2.25. The average molecular weight is 265 g/mol. The molecule has 0 unspecified atom stereocenters. The number of para-hydroxylation sites is 2. The van der Waals surface area contributed by atoms with Crippen molar-refractivity contribution < 1.29 is 14.5 Å². The SMILES string of the molecule is CC/C(C)=N\NC(=O)COc1ccccc1[N+](=O)[O-]. The van der Waals surface area contributed by atoms with Crippen LogP contribution in [0.3, 0.4) is 0 Å². The fraction of sp³-hybridized carbons (Fsp3) is 0.333. The van der Waals surface area contributed by atoms with Crippen molar-refractivity contribution in [1.82, 2.24) is 5.43 Å². The fourth-order valence-electron chi connectivity index (χ4n) is 1.14. The van der Waals surface area contributed by atoms with Crippen molar-refractivity contribution in [2.45, 2.75) is 20.3 Å². The van der Waals surface area contributed by atoms with Gasteiger partial charge in [-0.1, -0.05) is 19.1 Å². The van der Waals surface area contributed by atoms with E-state index in [1.54, 1.807) is 13.0 Å². The highest BCUT2D eigenvalue weighted by Gasteiger charge is 2.14. The van der Waals surface area contributed by atoms with Gasteiger partial charge in [0, 0.05) is 11.8 Å². The molecule has 0 spiro atoms. The molecule has 1 rings (SSSR count). The number of carbonyl (C=O) groups is 1. The summed E-state index contributed by atoms with van der Waals surface area (Å²) in [4.78, 5) is 21.6. The number of benzene rings is 1. The van der Waals surface area contributed by atoms with Crippen LogP contribution in [0.4, 0.5) is 5.69 Å². The first-order valence-electron chi connectivity index (χ1n) is 5.72. The molecule has 0 fully saturated rings. The third-order valence-corrected chi connectivity index (χ3v) is 2.30. The molecular formula is C12H15N3O4. The molecule has 0 bridgehead atoms. The average Bonchev–Trinajstić information content (AvgIpc) is 2.42. The van der Waals surface area contributed by atoms with Crippen LogP contribution in [0.1, 0.15) is 20.3 Å². The predicted molar refractivity (Wildman–Crippen MR) is 70.1 cm³/mol. The molecule has 1 amide bonds. The summed E-state index contributed by atoms with van der Waals surface area (Å²) in [6, 6.07) is 5.87. The maximum absolute atomic E-state index is 11.4. The molecule has 1 aromatic carbocycles. The Labute approximate surface area is 110 Å². The number of hydrazone groups is 1. The van der Waals surface area contributed by atoms with Crippen molar-refractivity contribution in [1.29, 1.82) is 0 Å². The summed E-state index contributed by atoms with van der Waals surface area (Å²) in [5, 5.41) is 14.5.